The first-order chi connectivity index (χ1) is 16.5. The molecular formula is C25H38N4O6. The van der Waals surface area contributed by atoms with E-state index in [4.69, 9.17) is 10.8 Å². The molecule has 194 valence electrons. The van der Waals surface area contributed by atoms with Gasteiger partial charge in [-0.25, -0.2) is 15.5 Å². The quantitative estimate of drug-likeness (QED) is 0.245. The Morgan fingerprint density at radius 3 is 2.20 bits per heavy atom. The van der Waals surface area contributed by atoms with Crippen LogP contribution < -0.4 is 11.2 Å². The van der Waals surface area contributed by atoms with Crippen molar-refractivity contribution in [2.45, 2.75) is 65.5 Å². The third-order valence-corrected chi connectivity index (χ3v) is 5.13. The van der Waals surface area contributed by atoms with Crippen LogP contribution in [-0.4, -0.2) is 62.7 Å². The van der Waals surface area contributed by atoms with E-state index < -0.39 is 42.2 Å². The largest absolute Gasteiger partial charge is 0.481 e. The fourth-order valence-electron chi connectivity index (χ4n) is 3.39. The van der Waals surface area contributed by atoms with E-state index in [0.717, 1.165) is 15.6 Å². The number of carboxylic acid groups (broad SMARTS) is 1. The predicted molar refractivity (Wildman–Crippen MR) is 132 cm³/mol. The molecule has 5 N–H and O–H groups in total. The number of carboxylic acids is 1. The molecule has 1 rings (SSSR count). The minimum atomic E-state index is -1.41. The second kappa shape index (κ2) is 14.9. The van der Waals surface area contributed by atoms with E-state index in [9.17, 15) is 24.4 Å². The second-order valence-corrected chi connectivity index (χ2v) is 9.23. The van der Waals surface area contributed by atoms with Gasteiger partial charge in [0.25, 0.3) is 11.8 Å². The maximum absolute atomic E-state index is 13.4. The van der Waals surface area contributed by atoms with Crippen molar-refractivity contribution in [2.75, 3.05) is 6.54 Å². The molecule has 35 heavy (non-hydrogen) atoms. The highest BCUT2D eigenvalue weighted by Gasteiger charge is 2.38. The average Bonchev–Trinajstić information content (AvgIpc) is 2.80. The summed E-state index contributed by atoms with van der Waals surface area (Å²) >= 11 is 0. The molecule has 3 amide bonds. The summed E-state index contributed by atoms with van der Waals surface area (Å²) in [5.41, 5.74) is 8.33. The van der Waals surface area contributed by atoms with Crippen LogP contribution in [0.1, 0.15) is 58.9 Å². The summed E-state index contributed by atoms with van der Waals surface area (Å²) in [6, 6.07) is 6.62. The Hall–Kier alpha value is -3.24. The maximum Gasteiger partial charge on any atom is 0.305 e. The third kappa shape index (κ3) is 10.3. The van der Waals surface area contributed by atoms with Crippen molar-refractivity contribution in [3.05, 3.63) is 42.0 Å². The fourth-order valence-corrected chi connectivity index (χ4v) is 3.39. The first-order valence-corrected chi connectivity index (χ1v) is 11.7. The van der Waals surface area contributed by atoms with Crippen LogP contribution in [0.25, 0.3) is 6.08 Å². The van der Waals surface area contributed by atoms with Crippen molar-refractivity contribution < 1.29 is 29.5 Å². The van der Waals surface area contributed by atoms with Crippen molar-refractivity contribution in [2.24, 2.45) is 17.6 Å². The molecule has 0 spiro atoms. The minimum Gasteiger partial charge on any atom is -0.481 e. The number of carbonyl (C=O) groups is 4. The summed E-state index contributed by atoms with van der Waals surface area (Å²) in [4.78, 5) is 50.6. The number of amides is 3. The Kier molecular flexibility index (Phi) is 12.7. The molecule has 0 bridgehead atoms. The molecule has 0 aliphatic rings. The van der Waals surface area contributed by atoms with Crippen LogP contribution in [0.5, 0.6) is 0 Å². The van der Waals surface area contributed by atoms with Gasteiger partial charge in [-0.15, -0.1) is 0 Å². The van der Waals surface area contributed by atoms with E-state index in [1.807, 2.05) is 58.0 Å². The summed E-state index contributed by atoms with van der Waals surface area (Å²) in [5.74, 6) is -3.38. The summed E-state index contributed by atoms with van der Waals surface area (Å²) in [5, 5.41) is 20.6. The second-order valence-electron chi connectivity index (χ2n) is 9.23. The van der Waals surface area contributed by atoms with E-state index in [0.29, 0.717) is 6.42 Å². The molecule has 10 heteroatoms. The van der Waals surface area contributed by atoms with E-state index in [-0.39, 0.29) is 31.2 Å². The van der Waals surface area contributed by atoms with Crippen LogP contribution >= 0.6 is 0 Å². The van der Waals surface area contributed by atoms with Gasteiger partial charge in [-0.1, -0.05) is 70.2 Å². The summed E-state index contributed by atoms with van der Waals surface area (Å²) in [6.45, 7) is 7.54. The van der Waals surface area contributed by atoms with Crippen molar-refractivity contribution in [3.63, 3.8) is 0 Å². The highest BCUT2D eigenvalue weighted by molar-refractivity contribution is 5.91. The number of carbonyl (C=O) groups excluding carboxylic acids is 3. The molecule has 0 fully saturated rings. The number of nitrogens with two attached hydrogens (primary N) is 1. The van der Waals surface area contributed by atoms with Gasteiger partial charge in [-0.05, 0) is 30.2 Å². The lowest BCUT2D eigenvalue weighted by Crippen LogP contribution is -2.62. The molecule has 0 aliphatic carbocycles. The number of rotatable bonds is 13. The SMILES string of the molecule is CC(C)CCC(=O)N([C@@H](CC=Cc1ccccc1)C(=O)NO)N(CC(C)C)C(=O)[C@H](N)CC(=O)O. The van der Waals surface area contributed by atoms with Crippen molar-refractivity contribution in [1.29, 1.82) is 0 Å². The topological polar surface area (TPSA) is 153 Å². The first-order valence-electron chi connectivity index (χ1n) is 11.7. The number of hydrogen-bond acceptors (Lipinski definition) is 6. The van der Waals surface area contributed by atoms with Gasteiger partial charge < -0.3 is 10.8 Å². The summed E-state index contributed by atoms with van der Waals surface area (Å²) in [7, 11) is 0. The average molecular weight is 491 g/mol. The lowest BCUT2D eigenvalue weighted by molar-refractivity contribution is -0.176. The number of aliphatic carboxylic acids is 1. The molecule has 2 atom stereocenters. The Morgan fingerprint density at radius 1 is 1.06 bits per heavy atom. The number of benzene rings is 1. The van der Waals surface area contributed by atoms with Gasteiger partial charge in [-0.3, -0.25) is 24.4 Å². The zero-order chi connectivity index (χ0) is 26.5. The number of hydroxylamine groups is 1. The van der Waals surface area contributed by atoms with Crippen LogP contribution in [0.15, 0.2) is 36.4 Å². The number of nitrogens with one attached hydrogen (secondary N) is 1. The molecule has 0 aliphatic heterocycles. The monoisotopic (exact) mass is 490 g/mol. The predicted octanol–water partition coefficient (Wildman–Crippen LogP) is 2.43. The molecule has 0 saturated carbocycles. The van der Waals surface area contributed by atoms with E-state index in [1.165, 1.54) is 0 Å². The van der Waals surface area contributed by atoms with Gasteiger partial charge in [0.15, 0.2) is 0 Å². The molecular weight excluding hydrogens is 452 g/mol. The Bertz CT molecular complexity index is 872. The van der Waals surface area contributed by atoms with Crippen LogP contribution in [-0.2, 0) is 19.2 Å². The number of hydrogen-bond donors (Lipinski definition) is 4. The lowest BCUT2D eigenvalue weighted by atomic mass is 10.1. The summed E-state index contributed by atoms with van der Waals surface area (Å²) in [6.07, 6.45) is 3.35. The van der Waals surface area contributed by atoms with Gasteiger partial charge in [0.1, 0.15) is 6.04 Å². The first kappa shape index (κ1) is 29.8. The molecule has 0 saturated heterocycles. The molecule has 0 aromatic heterocycles. The van der Waals surface area contributed by atoms with Gasteiger partial charge in [-0.2, -0.15) is 0 Å². The molecule has 0 unspecified atom stereocenters. The minimum absolute atomic E-state index is 0.00918. The Labute approximate surface area is 206 Å². The van der Waals surface area contributed by atoms with Crippen LogP contribution in [0.2, 0.25) is 0 Å². The number of hydrazine groups is 1. The van der Waals surface area contributed by atoms with E-state index in [2.05, 4.69) is 0 Å². The fraction of sp³-hybridized carbons (Fsp3) is 0.520. The van der Waals surface area contributed by atoms with Gasteiger partial charge in [0.05, 0.1) is 12.5 Å². The molecule has 1 aromatic carbocycles. The Balaban J connectivity index is 3.45. The molecule has 10 nitrogen and oxygen atoms in total. The highest BCUT2D eigenvalue weighted by atomic mass is 16.5. The van der Waals surface area contributed by atoms with Crippen molar-refractivity contribution in [3.8, 4) is 0 Å². The zero-order valence-corrected chi connectivity index (χ0v) is 20.9. The van der Waals surface area contributed by atoms with E-state index in [1.54, 1.807) is 17.6 Å². The normalized spacial score (nSPS) is 13.0. The highest BCUT2D eigenvalue weighted by Crippen LogP contribution is 2.19. The van der Waals surface area contributed by atoms with Gasteiger partial charge >= 0.3 is 5.97 Å². The van der Waals surface area contributed by atoms with Crippen molar-refractivity contribution >= 4 is 29.8 Å². The van der Waals surface area contributed by atoms with Crippen LogP contribution in [0.3, 0.4) is 0 Å². The van der Waals surface area contributed by atoms with Crippen LogP contribution in [0.4, 0.5) is 0 Å². The van der Waals surface area contributed by atoms with Gasteiger partial charge in [0.2, 0.25) is 5.91 Å². The standard InChI is InChI=1S/C25H38N4O6/c1-17(2)13-14-22(30)29(28(16-18(3)4)25(34)20(26)15-23(31)32)21(24(33)27-35)12-8-11-19-9-6-5-7-10-19/h5-11,17-18,20-21,35H,12-16,26H2,1-4H3,(H,27,33)(H,31,32)/t20-,21+/m1/s1. The van der Waals surface area contributed by atoms with E-state index >= 15 is 0 Å². The summed E-state index contributed by atoms with van der Waals surface area (Å²) < 4.78 is 0. The Morgan fingerprint density at radius 2 is 1.69 bits per heavy atom. The molecule has 0 radical (unpaired) electrons. The smallest absolute Gasteiger partial charge is 0.305 e. The van der Waals surface area contributed by atoms with Crippen molar-refractivity contribution in [1.82, 2.24) is 15.5 Å². The van der Waals surface area contributed by atoms with Gasteiger partial charge in [0, 0.05) is 13.0 Å². The number of nitrogens with zero attached hydrogens (tertiary/aromatic N) is 2. The van der Waals surface area contributed by atoms with Crippen LogP contribution in [0, 0.1) is 11.8 Å². The zero-order valence-electron chi connectivity index (χ0n) is 20.9. The lowest BCUT2D eigenvalue weighted by Gasteiger charge is -2.41. The maximum atomic E-state index is 13.4. The molecule has 0 heterocycles. The third-order valence-electron chi connectivity index (χ3n) is 5.13. The molecule has 1 aromatic rings.